The van der Waals surface area contributed by atoms with Crippen LogP contribution in [0.2, 0.25) is 5.02 Å². The predicted molar refractivity (Wildman–Crippen MR) is 87.9 cm³/mol. The Morgan fingerprint density at radius 3 is 2.83 bits per heavy atom. The molecule has 0 fully saturated rings. The van der Waals surface area contributed by atoms with Crippen LogP contribution in [0.5, 0.6) is 0 Å². The van der Waals surface area contributed by atoms with Crippen LogP contribution in [0.25, 0.3) is 17.4 Å². The molecule has 24 heavy (non-hydrogen) atoms. The topological polar surface area (TPSA) is 68.2 Å². The minimum Gasteiger partial charge on any atom is -0.461 e. The largest absolute Gasteiger partial charge is 0.461 e. The van der Waals surface area contributed by atoms with Crippen molar-refractivity contribution in [2.24, 2.45) is 0 Å². The summed E-state index contributed by atoms with van der Waals surface area (Å²) in [5.41, 5.74) is 1.39. The van der Waals surface area contributed by atoms with Crippen molar-refractivity contribution in [2.75, 3.05) is 5.32 Å². The van der Waals surface area contributed by atoms with E-state index in [1.807, 2.05) is 13.0 Å². The molecule has 0 atom stereocenters. The normalized spacial score (nSPS) is 11.1. The van der Waals surface area contributed by atoms with Gasteiger partial charge in [0, 0.05) is 17.4 Å². The maximum Gasteiger partial charge on any atom is 0.255 e. The number of hydrogen-bond acceptors (Lipinski definition) is 5. The Bertz CT molecular complexity index is 1030. The molecule has 4 rings (SSSR count). The van der Waals surface area contributed by atoms with Gasteiger partial charge < -0.3 is 9.73 Å². The standard InChI is InChI=1S/C16H11ClFN5O/c1-9-7-14(20-10-4-5-12(18)11(17)8-10)23-16(19-9)21-15(22-23)13-3-2-6-24-13/h2-8,20H,1H3. The predicted octanol–water partition coefficient (Wildman–Crippen LogP) is 4.23. The maximum absolute atomic E-state index is 13.3. The number of aryl methyl sites for hydroxylation is 1. The number of anilines is 2. The number of rotatable bonds is 3. The van der Waals surface area contributed by atoms with Gasteiger partial charge in [-0.1, -0.05) is 11.6 Å². The zero-order valence-electron chi connectivity index (χ0n) is 12.5. The highest BCUT2D eigenvalue weighted by Gasteiger charge is 2.13. The van der Waals surface area contributed by atoms with E-state index in [0.29, 0.717) is 28.9 Å². The summed E-state index contributed by atoms with van der Waals surface area (Å²) in [5, 5.41) is 7.60. The first-order chi connectivity index (χ1) is 11.6. The van der Waals surface area contributed by atoms with E-state index in [9.17, 15) is 4.39 Å². The van der Waals surface area contributed by atoms with Gasteiger partial charge in [-0.3, -0.25) is 0 Å². The Kier molecular flexibility index (Phi) is 3.42. The van der Waals surface area contributed by atoms with E-state index in [2.05, 4.69) is 20.4 Å². The first-order valence-corrected chi connectivity index (χ1v) is 7.48. The number of nitrogens with one attached hydrogen (secondary N) is 1. The lowest BCUT2D eigenvalue weighted by atomic mass is 10.3. The molecular formula is C16H11ClFN5O. The van der Waals surface area contributed by atoms with Crippen LogP contribution in [0.15, 0.2) is 47.1 Å². The molecule has 1 N–H and O–H groups in total. The summed E-state index contributed by atoms with van der Waals surface area (Å²) < 4.78 is 20.2. The average Bonchev–Trinajstić information content (AvgIpc) is 3.19. The van der Waals surface area contributed by atoms with Crippen molar-refractivity contribution in [2.45, 2.75) is 6.92 Å². The third-order valence-electron chi connectivity index (χ3n) is 3.37. The van der Waals surface area contributed by atoms with E-state index < -0.39 is 5.82 Å². The summed E-state index contributed by atoms with van der Waals surface area (Å²) in [6.07, 6.45) is 1.55. The average molecular weight is 344 g/mol. The molecule has 3 aromatic heterocycles. The number of fused-ring (bicyclic) bond motifs is 1. The Balaban J connectivity index is 1.80. The number of furan rings is 1. The molecule has 0 aliphatic carbocycles. The van der Waals surface area contributed by atoms with Gasteiger partial charge in [0.25, 0.3) is 5.78 Å². The number of aromatic nitrogens is 4. The van der Waals surface area contributed by atoms with E-state index in [-0.39, 0.29) is 5.02 Å². The van der Waals surface area contributed by atoms with E-state index in [1.165, 1.54) is 12.1 Å². The number of halogens is 2. The van der Waals surface area contributed by atoms with Crippen LogP contribution in [0.3, 0.4) is 0 Å². The summed E-state index contributed by atoms with van der Waals surface area (Å²) in [7, 11) is 0. The van der Waals surface area contributed by atoms with Crippen molar-refractivity contribution in [3.8, 4) is 11.6 Å². The maximum atomic E-state index is 13.3. The number of hydrogen-bond donors (Lipinski definition) is 1. The Morgan fingerprint density at radius 2 is 2.08 bits per heavy atom. The van der Waals surface area contributed by atoms with Crippen molar-refractivity contribution in [3.63, 3.8) is 0 Å². The van der Waals surface area contributed by atoms with Crippen LogP contribution in [-0.4, -0.2) is 19.6 Å². The molecule has 0 bridgehead atoms. The SMILES string of the molecule is Cc1cc(Nc2ccc(F)c(Cl)c2)n2nc(-c3ccco3)nc2n1. The highest BCUT2D eigenvalue weighted by molar-refractivity contribution is 6.31. The van der Waals surface area contributed by atoms with E-state index >= 15 is 0 Å². The van der Waals surface area contributed by atoms with Crippen molar-refractivity contribution >= 4 is 28.9 Å². The van der Waals surface area contributed by atoms with Crippen LogP contribution in [0, 0.1) is 12.7 Å². The fourth-order valence-corrected chi connectivity index (χ4v) is 2.49. The summed E-state index contributed by atoms with van der Waals surface area (Å²) in [6, 6.07) is 9.74. The van der Waals surface area contributed by atoms with Gasteiger partial charge in [-0.2, -0.15) is 9.50 Å². The van der Waals surface area contributed by atoms with E-state index in [0.717, 1.165) is 5.69 Å². The van der Waals surface area contributed by atoms with Crippen LogP contribution >= 0.6 is 11.6 Å². The molecular weight excluding hydrogens is 333 g/mol. The van der Waals surface area contributed by atoms with Crippen LogP contribution in [-0.2, 0) is 0 Å². The molecule has 6 nitrogen and oxygen atoms in total. The number of benzene rings is 1. The Labute approximate surface area is 140 Å². The van der Waals surface area contributed by atoms with Gasteiger partial charge in [0.1, 0.15) is 11.6 Å². The molecule has 0 amide bonds. The molecule has 0 saturated heterocycles. The van der Waals surface area contributed by atoms with Gasteiger partial charge in [-0.05, 0) is 37.3 Å². The van der Waals surface area contributed by atoms with Crippen molar-refractivity contribution < 1.29 is 8.81 Å². The number of nitrogens with zero attached hydrogens (tertiary/aromatic N) is 4. The van der Waals surface area contributed by atoms with Gasteiger partial charge in [0.15, 0.2) is 5.76 Å². The molecule has 0 saturated carbocycles. The van der Waals surface area contributed by atoms with Gasteiger partial charge in [-0.15, -0.1) is 5.10 Å². The second-order valence-corrected chi connectivity index (χ2v) is 5.57. The minimum absolute atomic E-state index is 0.0388. The summed E-state index contributed by atoms with van der Waals surface area (Å²) in [4.78, 5) is 8.73. The van der Waals surface area contributed by atoms with Gasteiger partial charge in [0.2, 0.25) is 5.82 Å². The molecule has 1 aromatic carbocycles. The van der Waals surface area contributed by atoms with Gasteiger partial charge in [-0.25, -0.2) is 9.37 Å². The molecule has 0 spiro atoms. The molecule has 120 valence electrons. The smallest absolute Gasteiger partial charge is 0.255 e. The fraction of sp³-hybridized carbons (Fsp3) is 0.0625. The molecule has 0 aliphatic heterocycles. The van der Waals surface area contributed by atoms with Crippen LogP contribution in [0.1, 0.15) is 5.69 Å². The lowest BCUT2D eigenvalue weighted by Crippen LogP contribution is -2.02. The lowest BCUT2D eigenvalue weighted by Gasteiger charge is -2.09. The van der Waals surface area contributed by atoms with Crippen molar-refractivity contribution in [1.82, 2.24) is 19.6 Å². The monoisotopic (exact) mass is 343 g/mol. The van der Waals surface area contributed by atoms with Crippen molar-refractivity contribution in [3.05, 3.63) is 59.2 Å². The first kappa shape index (κ1) is 14.6. The molecule has 0 unspecified atom stereocenters. The lowest BCUT2D eigenvalue weighted by molar-refractivity contribution is 0.577. The van der Waals surface area contributed by atoms with E-state index in [1.54, 1.807) is 29.0 Å². The quantitative estimate of drug-likeness (QED) is 0.603. The summed E-state index contributed by atoms with van der Waals surface area (Å²) in [5.74, 6) is 1.56. The summed E-state index contributed by atoms with van der Waals surface area (Å²) in [6.45, 7) is 1.85. The Hall–Kier alpha value is -2.93. The Morgan fingerprint density at radius 1 is 1.21 bits per heavy atom. The molecule has 3 heterocycles. The second kappa shape index (κ2) is 5.61. The highest BCUT2D eigenvalue weighted by atomic mass is 35.5. The van der Waals surface area contributed by atoms with Crippen molar-refractivity contribution in [1.29, 1.82) is 0 Å². The zero-order valence-corrected chi connectivity index (χ0v) is 13.3. The van der Waals surface area contributed by atoms with Gasteiger partial charge in [0.05, 0.1) is 11.3 Å². The third kappa shape index (κ3) is 2.59. The molecule has 8 heteroatoms. The first-order valence-electron chi connectivity index (χ1n) is 7.10. The van der Waals surface area contributed by atoms with Gasteiger partial charge >= 0.3 is 0 Å². The fourth-order valence-electron chi connectivity index (χ4n) is 2.31. The molecule has 0 radical (unpaired) electrons. The summed E-state index contributed by atoms with van der Waals surface area (Å²) >= 11 is 5.83. The van der Waals surface area contributed by atoms with Crippen LogP contribution < -0.4 is 5.32 Å². The van der Waals surface area contributed by atoms with E-state index in [4.69, 9.17) is 16.0 Å². The minimum atomic E-state index is -0.473. The molecule has 0 aliphatic rings. The second-order valence-electron chi connectivity index (χ2n) is 5.16. The highest BCUT2D eigenvalue weighted by Crippen LogP contribution is 2.24. The zero-order chi connectivity index (χ0) is 16.7. The molecule has 4 aromatic rings. The third-order valence-corrected chi connectivity index (χ3v) is 3.66. The van der Waals surface area contributed by atoms with Crippen LogP contribution in [0.4, 0.5) is 15.9 Å².